The van der Waals surface area contributed by atoms with Crippen LogP contribution in [0.3, 0.4) is 0 Å². The second-order valence-corrected chi connectivity index (χ2v) is 9.40. The van der Waals surface area contributed by atoms with Crippen LogP contribution in [0, 0.1) is 0 Å². The average Bonchev–Trinajstić information content (AvgIpc) is 3.04. The summed E-state index contributed by atoms with van der Waals surface area (Å²) in [5, 5.41) is 3.23. The Kier molecular flexibility index (Phi) is 7.05. The van der Waals surface area contributed by atoms with Gasteiger partial charge in [0.05, 0.1) is 30.9 Å². The number of methoxy groups -OCH3 is 1. The largest absolute Gasteiger partial charge is 0.496 e. The summed E-state index contributed by atoms with van der Waals surface area (Å²) in [5.41, 5.74) is 11.4. The molecule has 0 atom stereocenters. The lowest BCUT2D eigenvalue weighted by Crippen LogP contribution is -2.43. The first-order valence-corrected chi connectivity index (χ1v) is 11.9. The summed E-state index contributed by atoms with van der Waals surface area (Å²) in [7, 11) is -7.06. The van der Waals surface area contributed by atoms with Gasteiger partial charge in [0.25, 0.3) is 16.1 Å². The molecule has 0 unspecified atom stereocenters. The molecule has 13 nitrogen and oxygen atoms in total. The van der Waals surface area contributed by atoms with Gasteiger partial charge in [-0.05, 0) is 23.4 Å². The van der Waals surface area contributed by atoms with Gasteiger partial charge in [-0.3, -0.25) is 9.08 Å². The molecule has 0 saturated carbocycles. The van der Waals surface area contributed by atoms with Crippen LogP contribution in [0.25, 0.3) is 11.3 Å². The highest BCUT2D eigenvalue weighted by Gasteiger charge is 2.31. The maximum atomic E-state index is 12.8. The number of nitrogens with two attached hydrogens (primary N) is 2. The monoisotopic (exact) mass is 496 g/mol. The van der Waals surface area contributed by atoms with Crippen molar-refractivity contribution in [3.63, 3.8) is 0 Å². The van der Waals surface area contributed by atoms with E-state index in [1.165, 1.54) is 19.2 Å². The molecule has 16 heteroatoms. The Morgan fingerprint density at radius 1 is 1.16 bits per heavy atom. The number of ether oxygens (including phenoxy) is 1. The summed E-state index contributed by atoms with van der Waals surface area (Å²) in [6.45, 7) is 0. The van der Waals surface area contributed by atoms with Crippen LogP contribution in [0.5, 0.6) is 5.75 Å². The topological polar surface area (TPSA) is 194 Å². The zero-order valence-corrected chi connectivity index (χ0v) is 18.6. The van der Waals surface area contributed by atoms with Crippen LogP contribution in [0.2, 0.25) is 5.02 Å². The molecule has 1 amide bonds. The number of carbonyl (C=O) groups is 1. The molecular formula is C15H17ClN4O9S2. The minimum absolute atomic E-state index is 0.0439. The number of hydrogen-bond donors (Lipinski definition) is 2. The lowest BCUT2D eigenvalue weighted by molar-refractivity contribution is 0.0164. The highest BCUT2D eigenvalue weighted by molar-refractivity contribution is 7.86. The summed E-state index contributed by atoms with van der Waals surface area (Å²) in [6.07, 6.45) is 1.24. The van der Waals surface area contributed by atoms with Gasteiger partial charge < -0.3 is 20.6 Å². The van der Waals surface area contributed by atoms with Crippen molar-refractivity contribution in [3.05, 3.63) is 35.0 Å². The number of benzene rings is 1. The summed E-state index contributed by atoms with van der Waals surface area (Å²) < 4.78 is 64.5. The number of hydrogen-bond acceptors (Lipinski definition) is 11. The van der Waals surface area contributed by atoms with Gasteiger partial charge in [0.2, 0.25) is 5.76 Å². The maximum absolute atomic E-state index is 12.8. The molecule has 0 radical (unpaired) electrons. The van der Waals surface area contributed by atoms with Crippen LogP contribution in [0.15, 0.2) is 33.8 Å². The van der Waals surface area contributed by atoms with Crippen molar-refractivity contribution in [3.8, 4) is 17.1 Å². The number of anilines is 1. The first-order valence-electron chi connectivity index (χ1n) is 7.91. The highest BCUT2D eigenvalue weighted by atomic mass is 35.5. The van der Waals surface area contributed by atoms with E-state index in [1.54, 1.807) is 12.1 Å². The molecule has 0 spiro atoms. The highest BCUT2D eigenvalue weighted by Crippen LogP contribution is 2.36. The van der Waals surface area contributed by atoms with Crippen molar-refractivity contribution in [2.45, 2.75) is 0 Å². The zero-order chi connectivity index (χ0) is 23.6. The molecule has 0 aliphatic carbocycles. The first-order chi connectivity index (χ1) is 14.2. The van der Waals surface area contributed by atoms with E-state index in [2.05, 4.69) is 13.7 Å². The molecule has 1 heterocycles. The Hall–Kier alpha value is -3.01. The van der Waals surface area contributed by atoms with Crippen molar-refractivity contribution in [2.24, 2.45) is 10.9 Å². The fourth-order valence-corrected chi connectivity index (χ4v) is 2.92. The van der Waals surface area contributed by atoms with Crippen LogP contribution in [-0.2, 0) is 28.8 Å². The summed E-state index contributed by atoms with van der Waals surface area (Å²) in [4.78, 5) is 12.8. The molecule has 0 saturated heterocycles. The average molecular weight is 497 g/mol. The van der Waals surface area contributed by atoms with Gasteiger partial charge >= 0.3 is 16.0 Å². The molecule has 31 heavy (non-hydrogen) atoms. The van der Waals surface area contributed by atoms with Crippen molar-refractivity contribution < 1.29 is 39.4 Å². The van der Waals surface area contributed by atoms with Gasteiger partial charge in [-0.2, -0.15) is 16.8 Å². The van der Waals surface area contributed by atoms with Crippen molar-refractivity contribution >= 4 is 49.4 Å². The third kappa shape index (κ3) is 6.48. The van der Waals surface area contributed by atoms with Crippen molar-refractivity contribution in [2.75, 3.05) is 25.4 Å². The molecule has 0 aliphatic heterocycles. The lowest BCUT2D eigenvalue weighted by Gasteiger charge is -2.17. The van der Waals surface area contributed by atoms with E-state index < -0.39 is 37.9 Å². The van der Waals surface area contributed by atoms with Gasteiger partial charge in [0, 0.05) is 11.1 Å². The molecule has 1 aromatic heterocycles. The van der Waals surface area contributed by atoms with Crippen molar-refractivity contribution in [1.29, 1.82) is 0 Å². The van der Waals surface area contributed by atoms with E-state index in [-0.39, 0.29) is 16.5 Å². The number of nitrogen functional groups attached to an aromatic ring is 1. The Labute approximate surface area is 182 Å². The normalized spacial score (nSPS) is 12.5. The second kappa shape index (κ2) is 9.01. The Balaban J connectivity index is 2.52. The van der Waals surface area contributed by atoms with Crippen LogP contribution in [0.4, 0.5) is 5.69 Å². The minimum atomic E-state index is -4.33. The molecule has 0 aliphatic rings. The van der Waals surface area contributed by atoms with Crippen molar-refractivity contribution in [1.82, 2.24) is 5.06 Å². The van der Waals surface area contributed by atoms with Crippen LogP contribution >= 0.6 is 11.6 Å². The Bertz CT molecular complexity index is 1240. The molecular weight excluding hydrogens is 480 g/mol. The van der Waals surface area contributed by atoms with E-state index in [4.69, 9.17) is 32.2 Å². The van der Waals surface area contributed by atoms with E-state index in [0.29, 0.717) is 28.8 Å². The predicted molar refractivity (Wildman–Crippen MR) is 110 cm³/mol. The van der Waals surface area contributed by atoms with E-state index in [0.717, 1.165) is 0 Å². The number of carbonyl (C=O) groups excluding carboxylic acids is 1. The van der Waals surface area contributed by atoms with E-state index in [1.807, 2.05) is 0 Å². The number of halogens is 1. The maximum Gasteiger partial charge on any atom is 0.325 e. The fourth-order valence-electron chi connectivity index (χ4n) is 2.12. The van der Waals surface area contributed by atoms with Gasteiger partial charge in [-0.25, -0.2) is 0 Å². The first kappa shape index (κ1) is 24.3. The molecule has 0 bridgehead atoms. The molecule has 0 fully saturated rings. The number of amides is 1. The van der Waals surface area contributed by atoms with Crippen LogP contribution in [-0.4, -0.2) is 53.4 Å². The number of furan rings is 1. The zero-order valence-electron chi connectivity index (χ0n) is 16.2. The number of guanidine groups is 1. The second-order valence-electron chi connectivity index (χ2n) is 5.85. The molecule has 1 aromatic carbocycles. The lowest BCUT2D eigenvalue weighted by atomic mass is 10.1. The molecule has 2 rings (SSSR count). The predicted octanol–water partition coefficient (Wildman–Crippen LogP) is 0.730. The third-order valence-corrected chi connectivity index (χ3v) is 4.25. The van der Waals surface area contributed by atoms with Gasteiger partial charge in [0.15, 0.2) is 0 Å². The quantitative estimate of drug-likeness (QED) is 0.311. The standard InChI is InChI=1S/C15H17ClN4O9S2/c1-26-11-5-4-8(16)6-9(11)12-7-10(17)13(27-12)14(21)20(29-31(3,24)25)15(18)19-28-30(2,22)23/h4-7H,17H2,1-3H3,(H2,18,19). The summed E-state index contributed by atoms with van der Waals surface area (Å²) in [5.74, 6) is -2.61. The fraction of sp³-hybridized carbons (Fsp3) is 0.200. The van der Waals surface area contributed by atoms with Crippen LogP contribution in [0.1, 0.15) is 10.6 Å². The number of hydroxylamine groups is 2. The van der Waals surface area contributed by atoms with Gasteiger partial charge in [0.1, 0.15) is 11.5 Å². The SMILES string of the molecule is COc1ccc(Cl)cc1-c1cc(N)c(C(=O)N(OS(C)(=O)=O)/C(N)=N/OS(C)(=O)=O)o1. The molecule has 170 valence electrons. The van der Waals surface area contributed by atoms with Crippen LogP contribution < -0.4 is 16.2 Å². The number of oxime groups is 1. The summed E-state index contributed by atoms with van der Waals surface area (Å²) in [6, 6.07) is 5.83. The Morgan fingerprint density at radius 3 is 2.35 bits per heavy atom. The van der Waals surface area contributed by atoms with E-state index >= 15 is 0 Å². The number of rotatable bonds is 7. The van der Waals surface area contributed by atoms with Gasteiger partial charge in [-0.15, -0.1) is 9.35 Å². The Morgan fingerprint density at radius 2 is 1.81 bits per heavy atom. The smallest absolute Gasteiger partial charge is 0.325 e. The van der Waals surface area contributed by atoms with Gasteiger partial charge in [-0.1, -0.05) is 11.6 Å². The molecule has 2 aromatic rings. The summed E-state index contributed by atoms with van der Waals surface area (Å²) >= 11 is 5.98. The van der Waals surface area contributed by atoms with E-state index in [9.17, 15) is 21.6 Å². The number of nitrogens with zero attached hydrogens (tertiary/aromatic N) is 2. The molecule has 4 N–H and O–H groups in total. The third-order valence-electron chi connectivity index (χ3n) is 3.25. The minimum Gasteiger partial charge on any atom is -0.496 e.